The molecule has 2 aliphatic rings. The molecule has 324 valence electrons. The number of H-pyrrole nitrogens is 4. The molecule has 0 bridgehead atoms. The van der Waals surface area contributed by atoms with Gasteiger partial charge in [-0.05, 0) is 107 Å². The van der Waals surface area contributed by atoms with E-state index in [1.54, 1.807) is 26.2 Å². The average Bonchev–Trinajstić information content (AvgIpc) is 4.00. The molecule has 4 aromatic rings. The summed E-state index contributed by atoms with van der Waals surface area (Å²) in [6, 6.07) is 7.15. The van der Waals surface area contributed by atoms with Gasteiger partial charge in [-0.1, -0.05) is 41.5 Å². The van der Waals surface area contributed by atoms with Crippen LogP contribution in [0.3, 0.4) is 0 Å². The fourth-order valence-electron chi connectivity index (χ4n) is 7.29. The molecule has 1 atom stereocenters. The van der Waals surface area contributed by atoms with E-state index in [9.17, 15) is 29.8 Å². The van der Waals surface area contributed by atoms with Crippen molar-refractivity contribution >= 4 is 35.6 Å². The van der Waals surface area contributed by atoms with Gasteiger partial charge in [0.15, 0.2) is 6.29 Å². The highest BCUT2D eigenvalue weighted by molar-refractivity contribution is 6.29. The van der Waals surface area contributed by atoms with E-state index in [4.69, 9.17) is 0 Å². The fourth-order valence-corrected chi connectivity index (χ4v) is 7.29. The van der Waals surface area contributed by atoms with Crippen molar-refractivity contribution in [3.8, 4) is 0 Å². The number of nitrogens with zero attached hydrogens (tertiary/aromatic N) is 4. The monoisotopic (exact) mass is 824 g/mol. The second-order valence-electron chi connectivity index (χ2n) is 17.9. The Labute approximate surface area is 353 Å². The summed E-state index contributed by atoms with van der Waals surface area (Å²) in [5.41, 5.74) is 12.2. The van der Waals surface area contributed by atoms with E-state index >= 15 is 0 Å². The summed E-state index contributed by atoms with van der Waals surface area (Å²) in [5.74, 6) is -0.0185. The minimum Gasteiger partial charge on any atom is -0.365 e. The summed E-state index contributed by atoms with van der Waals surface area (Å²) in [6.07, 6.45) is 15.3. The van der Waals surface area contributed by atoms with Crippen molar-refractivity contribution in [3.63, 3.8) is 0 Å². The molecule has 0 saturated heterocycles. The largest absolute Gasteiger partial charge is 0.365 e. The van der Waals surface area contributed by atoms with Crippen molar-refractivity contribution < 1.29 is 19.4 Å². The Morgan fingerprint density at radius 2 is 1.23 bits per heavy atom. The first-order valence-corrected chi connectivity index (χ1v) is 20.3. The maximum Gasteiger partial charge on any atom is 0.223 e. The number of aromatic nitrogens is 4. The van der Waals surface area contributed by atoms with Crippen LogP contribution in [-0.2, 0) is 22.4 Å². The van der Waals surface area contributed by atoms with E-state index in [1.165, 1.54) is 35.2 Å². The number of aromatic amines is 4. The Hall–Kier alpha value is -5.92. The standard InChI is InChI=1S/C13H20N2O3.C13H16N2O.C13H18N2.C7H10N2O2/c1-9-5-6-14-11(9)7-12(15(17)18)13(3,4)8-10(2)16;1-9-4-5-14-11(9)6-12-13(2,3)7-10(8-16)15-12;1-9-5-6-14-11(9)7-12-13(3,4)8-10(2)15-12;1-6-2-4-8-7(6)3-5-9(10)11/h5-6,12,14H,7-8H2,1-4H3;4-6,8,14H,7H2,1-3H3;5-7,14H,8H2,1-4H3;2,4,8H,3,5H2,1H3/b;12-6-;12-7-;. The van der Waals surface area contributed by atoms with Crippen molar-refractivity contribution in [1.29, 1.82) is 0 Å². The van der Waals surface area contributed by atoms with Crippen LogP contribution in [-0.4, -0.2) is 65.9 Å². The van der Waals surface area contributed by atoms with Crippen molar-refractivity contribution in [3.05, 3.63) is 126 Å². The van der Waals surface area contributed by atoms with Gasteiger partial charge in [0.25, 0.3) is 0 Å². The van der Waals surface area contributed by atoms with Crippen LogP contribution in [0.4, 0.5) is 0 Å². The maximum absolute atomic E-state index is 11.2. The van der Waals surface area contributed by atoms with Crippen LogP contribution < -0.4 is 0 Å². The van der Waals surface area contributed by atoms with E-state index in [1.807, 2.05) is 50.5 Å². The zero-order valence-corrected chi connectivity index (χ0v) is 37.4. The Bertz CT molecular complexity index is 2240. The number of nitrogens with one attached hydrogen (secondary N) is 4. The Kier molecular flexibility index (Phi) is 16.8. The zero-order valence-electron chi connectivity index (χ0n) is 37.4. The van der Waals surface area contributed by atoms with Gasteiger partial charge in [-0.25, -0.2) is 0 Å². The Morgan fingerprint density at radius 1 is 0.767 bits per heavy atom. The number of nitro groups is 2. The lowest BCUT2D eigenvalue weighted by atomic mass is 9.78. The number of carbonyl (C=O) groups is 2. The highest BCUT2D eigenvalue weighted by atomic mass is 16.6. The van der Waals surface area contributed by atoms with Crippen LogP contribution in [0.5, 0.6) is 0 Å². The second-order valence-corrected chi connectivity index (χ2v) is 17.9. The van der Waals surface area contributed by atoms with Gasteiger partial charge < -0.3 is 24.7 Å². The molecule has 0 spiro atoms. The summed E-state index contributed by atoms with van der Waals surface area (Å²) in [4.78, 5) is 64.0. The molecular weight excluding hydrogens is 761 g/mol. The van der Waals surface area contributed by atoms with E-state index in [0.29, 0.717) is 18.6 Å². The van der Waals surface area contributed by atoms with Crippen LogP contribution in [0.2, 0.25) is 0 Å². The van der Waals surface area contributed by atoms with Gasteiger partial charge in [-0.2, -0.15) is 0 Å². The maximum atomic E-state index is 11.2. The molecule has 14 nitrogen and oxygen atoms in total. The molecular formula is C46H64N8O6. The second kappa shape index (κ2) is 20.9. The van der Waals surface area contributed by atoms with Gasteiger partial charge in [0.1, 0.15) is 5.78 Å². The molecule has 1 unspecified atom stereocenters. The lowest BCUT2D eigenvalue weighted by Gasteiger charge is -2.26. The molecule has 14 heteroatoms. The molecule has 0 saturated carbocycles. The first kappa shape index (κ1) is 48.4. The third-order valence-corrected chi connectivity index (χ3v) is 10.9. The normalized spacial score (nSPS) is 17.0. The van der Waals surface area contributed by atoms with E-state index in [-0.39, 0.29) is 39.4 Å². The highest BCUT2D eigenvalue weighted by Gasteiger charge is 2.40. The Morgan fingerprint density at radius 3 is 1.60 bits per heavy atom. The molecule has 4 N–H and O–H groups in total. The first-order valence-electron chi connectivity index (χ1n) is 20.3. The van der Waals surface area contributed by atoms with Crippen molar-refractivity contribution in [2.45, 2.75) is 121 Å². The smallest absolute Gasteiger partial charge is 0.223 e. The lowest BCUT2D eigenvalue weighted by molar-refractivity contribution is -0.540. The Balaban J connectivity index is 0.000000216. The van der Waals surface area contributed by atoms with Crippen LogP contribution in [0.25, 0.3) is 12.2 Å². The summed E-state index contributed by atoms with van der Waals surface area (Å²) in [5, 5.41) is 21.2. The lowest BCUT2D eigenvalue weighted by Crippen LogP contribution is -2.39. The van der Waals surface area contributed by atoms with Crippen molar-refractivity contribution in [1.82, 2.24) is 19.9 Å². The number of carbonyl (C=O) groups excluding carboxylic acids is 2. The van der Waals surface area contributed by atoms with Crippen molar-refractivity contribution in [2.75, 3.05) is 6.54 Å². The number of hydrogen-bond acceptors (Lipinski definition) is 8. The van der Waals surface area contributed by atoms with Crippen LogP contribution >= 0.6 is 0 Å². The number of rotatable bonds is 12. The molecule has 0 radical (unpaired) electrons. The number of hydrogen-bond donors (Lipinski definition) is 4. The van der Waals surface area contributed by atoms with Gasteiger partial charge in [0, 0.05) is 104 Å². The number of Topliss-reactive ketones (excluding diaryl/α,β-unsaturated/α-hetero) is 1. The highest BCUT2D eigenvalue weighted by Crippen LogP contribution is 2.39. The topological polar surface area (TPSA) is 208 Å². The zero-order chi connectivity index (χ0) is 45.0. The molecule has 0 fully saturated rings. The third-order valence-electron chi connectivity index (χ3n) is 10.9. The summed E-state index contributed by atoms with van der Waals surface area (Å²) < 4.78 is 0. The minimum absolute atomic E-state index is 0.00134. The summed E-state index contributed by atoms with van der Waals surface area (Å²) >= 11 is 0. The van der Waals surface area contributed by atoms with E-state index in [0.717, 1.165) is 53.0 Å². The molecule has 6 rings (SSSR count). The number of aryl methyl sites for hydroxylation is 4. The summed E-state index contributed by atoms with van der Waals surface area (Å²) in [7, 11) is 0. The van der Waals surface area contributed by atoms with Gasteiger partial charge >= 0.3 is 0 Å². The predicted molar refractivity (Wildman–Crippen MR) is 241 cm³/mol. The third kappa shape index (κ3) is 14.1. The SMILES string of the molecule is CC(=O)CC(C)(C)C(Cc1[nH]ccc1C)[N+](=O)[O-].CC1=N/C(=C\c2[nH]ccc2C)C(C)(C)C1.Cc1cc[nH]c1/C=C1\N=C(C=O)CC1(C)C.Cc1cc[nH]c1CC[N+](=O)[O-]. The van der Waals surface area contributed by atoms with Gasteiger partial charge in [0.2, 0.25) is 12.6 Å². The fraction of sp³-hybridized carbons (Fsp3) is 0.478. The van der Waals surface area contributed by atoms with Gasteiger partial charge in [-0.15, -0.1) is 0 Å². The van der Waals surface area contributed by atoms with Crippen LogP contribution in [0.1, 0.15) is 120 Å². The van der Waals surface area contributed by atoms with E-state index in [2.05, 4.69) is 90.5 Å². The molecule has 0 aromatic carbocycles. The van der Waals surface area contributed by atoms with E-state index < -0.39 is 11.5 Å². The first-order chi connectivity index (χ1) is 27.9. The molecule has 0 aliphatic carbocycles. The number of allylic oxidation sites excluding steroid dienone is 2. The minimum atomic E-state index is -0.765. The molecule has 0 amide bonds. The molecule has 60 heavy (non-hydrogen) atoms. The average molecular weight is 825 g/mol. The van der Waals surface area contributed by atoms with Crippen molar-refractivity contribution in [2.24, 2.45) is 26.2 Å². The summed E-state index contributed by atoms with van der Waals surface area (Å²) in [6.45, 7) is 23.9. The van der Waals surface area contributed by atoms with Crippen LogP contribution in [0.15, 0.2) is 70.4 Å². The predicted octanol–water partition coefficient (Wildman–Crippen LogP) is 9.95. The molecule has 6 heterocycles. The number of ketones is 1. The van der Waals surface area contributed by atoms with Gasteiger partial charge in [-0.3, -0.25) is 35.0 Å². The van der Waals surface area contributed by atoms with Crippen LogP contribution in [0, 0.1) is 64.2 Å². The molecule has 4 aromatic heterocycles. The number of aldehydes is 1. The van der Waals surface area contributed by atoms with Gasteiger partial charge in [0.05, 0.1) is 18.6 Å². The molecule has 2 aliphatic heterocycles. The number of aliphatic imine (C=N–C) groups is 2. The quantitative estimate of drug-likeness (QED) is 0.0620.